The van der Waals surface area contributed by atoms with Gasteiger partial charge in [0.15, 0.2) is 5.65 Å². The molecule has 0 aromatic carbocycles. The molecule has 4 heteroatoms. The lowest BCUT2D eigenvalue weighted by atomic mass is 10.7. The highest BCUT2D eigenvalue weighted by molar-refractivity contribution is 5.35. The average Bonchev–Trinajstić information content (AvgIpc) is 2.41. The molecule has 0 atom stereocenters. The summed E-state index contributed by atoms with van der Waals surface area (Å²) in [6, 6.07) is 0. The minimum Gasteiger partial charge on any atom is -0.492 e. The Morgan fingerprint density at radius 2 is 2.50 bits per heavy atom. The number of rotatable bonds is 0. The molecular weight excluding hydrogens is 130 g/mol. The van der Waals surface area contributed by atoms with Crippen LogP contribution in [0.15, 0.2) is 24.7 Å². The second kappa shape index (κ2) is 1.70. The number of hydrogen-bond acceptors (Lipinski definition) is 3. The van der Waals surface area contributed by atoms with E-state index in [-0.39, 0.29) is 24.2 Å². The summed E-state index contributed by atoms with van der Waals surface area (Å²) in [5, 5.41) is 9.12. The van der Waals surface area contributed by atoms with E-state index in [1.54, 1.807) is 0 Å². The number of hydrogen-bond donors (Lipinski definition) is 1. The van der Waals surface area contributed by atoms with Crippen molar-refractivity contribution in [2.75, 3.05) is 0 Å². The van der Waals surface area contributed by atoms with Gasteiger partial charge in [-0.15, -0.1) is 0 Å². The summed E-state index contributed by atoms with van der Waals surface area (Å²) in [7, 11) is 0. The lowest BCUT2D eigenvalue weighted by Gasteiger charge is -1.91. The topological polar surface area (TPSA) is 50.4 Å². The molecule has 0 unspecified atom stereocenters. The van der Waals surface area contributed by atoms with E-state index in [0.29, 0.717) is 0 Å². The number of fused-ring (bicyclic) bond motifs is 1. The predicted molar refractivity (Wildman–Crippen MR) is 34.7 cm³/mol. The van der Waals surface area contributed by atoms with Crippen LogP contribution in [0.4, 0.5) is 0 Å². The first-order chi connectivity index (χ1) is 6.52. The quantitative estimate of drug-likeness (QED) is 0.576. The van der Waals surface area contributed by atoms with Gasteiger partial charge < -0.3 is 9.51 Å². The average molecular weight is 139 g/mol. The van der Waals surface area contributed by atoms with Crippen molar-refractivity contribution in [3.8, 4) is 5.88 Å². The first kappa shape index (κ1) is 2.57. The molecule has 2 rings (SSSR count). The summed E-state index contributed by atoms with van der Waals surface area (Å²) >= 11 is 0. The largest absolute Gasteiger partial charge is 0.492 e. The van der Waals surface area contributed by atoms with Gasteiger partial charge in [-0.3, -0.25) is 0 Å². The van der Waals surface area contributed by atoms with Gasteiger partial charge in [0, 0.05) is 12.3 Å². The third-order valence-electron chi connectivity index (χ3n) is 1.01. The van der Waals surface area contributed by atoms with E-state index in [9.17, 15) is 0 Å². The number of imidazole rings is 1. The van der Waals surface area contributed by atoms with E-state index in [2.05, 4.69) is 9.97 Å². The molecular formula is C6H5N3O. The van der Waals surface area contributed by atoms with Gasteiger partial charge in [0.2, 0.25) is 5.88 Å². The summed E-state index contributed by atoms with van der Waals surface area (Å²) in [5.74, 6) is -0.645. The Morgan fingerprint density at radius 3 is 3.40 bits per heavy atom. The Kier molecular flexibility index (Phi) is 0.437. The Balaban J connectivity index is 3.03. The van der Waals surface area contributed by atoms with Gasteiger partial charge in [-0.25, -0.2) is 9.97 Å². The molecule has 0 spiro atoms. The molecule has 0 saturated carbocycles. The third-order valence-corrected chi connectivity index (χ3v) is 1.01. The molecule has 2 heterocycles. The van der Waals surface area contributed by atoms with Crippen molar-refractivity contribution in [1.82, 2.24) is 14.4 Å². The molecule has 4 nitrogen and oxygen atoms in total. The second-order valence-electron chi connectivity index (χ2n) is 1.65. The van der Waals surface area contributed by atoms with Crippen molar-refractivity contribution in [3.63, 3.8) is 0 Å². The van der Waals surface area contributed by atoms with Crippen LogP contribution in [0.25, 0.3) is 5.65 Å². The van der Waals surface area contributed by atoms with Crippen molar-refractivity contribution < 1.29 is 10.6 Å². The first-order valence-corrected chi connectivity index (χ1v) is 2.54. The van der Waals surface area contributed by atoms with Gasteiger partial charge >= 0.3 is 0 Å². The summed E-state index contributed by atoms with van der Waals surface area (Å²) in [4.78, 5) is 6.92. The lowest BCUT2D eigenvalue weighted by Crippen LogP contribution is -1.83. The third kappa shape index (κ3) is 0.621. The van der Waals surface area contributed by atoms with Crippen LogP contribution in [0.5, 0.6) is 5.88 Å². The van der Waals surface area contributed by atoms with Gasteiger partial charge in [-0.1, -0.05) is 0 Å². The van der Waals surface area contributed by atoms with Crippen molar-refractivity contribution >= 4 is 5.65 Å². The molecule has 2 aromatic rings. The molecule has 0 amide bonds. The molecule has 50 valence electrons. The lowest BCUT2D eigenvalue weighted by molar-refractivity contribution is 0.450. The molecule has 2 aromatic heterocycles. The van der Waals surface area contributed by atoms with Crippen LogP contribution in [0.1, 0.15) is 5.48 Å². The van der Waals surface area contributed by atoms with E-state index < -0.39 is 12.1 Å². The molecule has 0 radical (unpaired) electrons. The zero-order valence-electron chi connectivity index (χ0n) is 8.79. The molecule has 1 N–H and O–H groups in total. The summed E-state index contributed by atoms with van der Waals surface area (Å²) in [6.45, 7) is 0. The Labute approximate surface area is 62.4 Å². The van der Waals surface area contributed by atoms with Gasteiger partial charge in [-0.2, -0.15) is 0 Å². The minimum absolute atomic E-state index is 0.0669. The van der Waals surface area contributed by atoms with Crippen molar-refractivity contribution in [3.05, 3.63) is 24.7 Å². The van der Waals surface area contributed by atoms with Crippen LogP contribution >= 0.6 is 0 Å². The van der Waals surface area contributed by atoms with E-state index in [1.165, 1.54) is 0 Å². The predicted octanol–water partition coefficient (Wildman–Crippen LogP) is 0.435. The number of nitrogens with zero attached hydrogens (tertiary/aromatic N) is 3. The molecule has 10 heavy (non-hydrogen) atoms. The highest BCUT2D eigenvalue weighted by Crippen LogP contribution is 2.04. The highest BCUT2D eigenvalue weighted by atomic mass is 16.3. The van der Waals surface area contributed by atoms with Crippen LogP contribution in [-0.2, 0) is 0 Å². The maximum atomic E-state index is 9.12. The van der Waals surface area contributed by atoms with E-state index in [4.69, 9.17) is 10.6 Å². The van der Waals surface area contributed by atoms with Crippen molar-refractivity contribution in [2.24, 2.45) is 0 Å². The summed E-state index contributed by atoms with van der Waals surface area (Å²) in [6.07, 6.45) is -1.48. The standard InChI is InChI=1S/C6H5N3O/c10-6-4-9-2-1-7-5(9)3-8-6/h1-4,10H/i1D,2D,3D,4D. The SMILES string of the molecule is [2H]c1nc2c([2H])nc(O)c([2H])n2c1[2H]. The smallest absolute Gasteiger partial charge is 0.228 e. The Bertz CT molecular complexity index is 524. The molecule has 0 saturated heterocycles. The van der Waals surface area contributed by atoms with E-state index in [1.807, 2.05) is 0 Å². The first-order valence-electron chi connectivity index (χ1n) is 4.54. The normalized spacial score (nSPS) is 16.0. The van der Waals surface area contributed by atoms with Gasteiger partial charge in [-0.05, 0) is 0 Å². The Hall–Kier alpha value is -1.58. The van der Waals surface area contributed by atoms with Gasteiger partial charge in [0.25, 0.3) is 0 Å². The fourth-order valence-corrected chi connectivity index (χ4v) is 0.615. The zero-order chi connectivity index (χ0) is 10.5. The van der Waals surface area contributed by atoms with Crippen LogP contribution in [0.3, 0.4) is 0 Å². The molecule has 0 aliphatic rings. The summed E-state index contributed by atoms with van der Waals surface area (Å²) in [5.41, 5.74) is -0.0669. The summed E-state index contributed by atoms with van der Waals surface area (Å²) < 4.78 is 30.2. The molecule has 0 aliphatic heterocycles. The molecule has 0 aliphatic carbocycles. The van der Waals surface area contributed by atoms with E-state index >= 15 is 0 Å². The monoisotopic (exact) mass is 139 g/mol. The van der Waals surface area contributed by atoms with E-state index in [0.717, 1.165) is 4.40 Å². The molecule has 0 bridgehead atoms. The maximum Gasteiger partial charge on any atom is 0.228 e. The van der Waals surface area contributed by atoms with Crippen LogP contribution in [0, 0.1) is 0 Å². The van der Waals surface area contributed by atoms with Crippen LogP contribution in [0.2, 0.25) is 0 Å². The van der Waals surface area contributed by atoms with Gasteiger partial charge in [0.1, 0.15) is 0 Å². The van der Waals surface area contributed by atoms with Crippen LogP contribution in [-0.4, -0.2) is 19.5 Å². The second-order valence-corrected chi connectivity index (χ2v) is 1.65. The fourth-order valence-electron chi connectivity index (χ4n) is 0.615. The fraction of sp³-hybridized carbons (Fsp3) is 0. The number of aromatic hydroxyl groups is 1. The zero-order valence-corrected chi connectivity index (χ0v) is 4.79. The van der Waals surface area contributed by atoms with Gasteiger partial charge in [0.05, 0.1) is 17.8 Å². The van der Waals surface area contributed by atoms with Crippen LogP contribution < -0.4 is 0 Å². The Morgan fingerprint density at radius 1 is 1.60 bits per heavy atom. The van der Waals surface area contributed by atoms with Crippen molar-refractivity contribution in [1.29, 1.82) is 0 Å². The minimum atomic E-state index is -0.645. The molecule has 0 fully saturated rings. The maximum absolute atomic E-state index is 9.12. The van der Waals surface area contributed by atoms with Crippen molar-refractivity contribution in [2.45, 2.75) is 0 Å². The highest BCUT2D eigenvalue weighted by Gasteiger charge is 1.93. The number of aromatic nitrogens is 3.